The highest BCUT2D eigenvalue weighted by Gasteiger charge is 2.20. The molecule has 1 unspecified atom stereocenters. The largest absolute Gasteiger partial charge is 0.379 e. The topological polar surface area (TPSA) is 175 Å². The van der Waals surface area contributed by atoms with Crippen molar-refractivity contribution in [1.82, 2.24) is 34.7 Å². The van der Waals surface area contributed by atoms with Gasteiger partial charge in [0.2, 0.25) is 5.95 Å². The molecule has 0 fully saturated rings. The number of aromatic nitrogens is 7. The molecule has 0 amide bonds. The average molecular weight is 703 g/mol. The predicted octanol–water partition coefficient (Wildman–Crippen LogP) is 7.45. The average Bonchev–Trinajstić information content (AvgIpc) is 3.69. The van der Waals surface area contributed by atoms with Crippen LogP contribution < -0.4 is 10.6 Å². The molecule has 0 saturated heterocycles. The van der Waals surface area contributed by atoms with Gasteiger partial charge < -0.3 is 34.0 Å². The zero-order valence-electron chi connectivity index (χ0n) is 29.1. The molecule has 15 heteroatoms. The first-order chi connectivity index (χ1) is 24.0. The first kappa shape index (κ1) is 38.6. The van der Waals surface area contributed by atoms with E-state index in [1.54, 1.807) is 10.9 Å². The van der Waals surface area contributed by atoms with Gasteiger partial charge in [-0.2, -0.15) is 9.97 Å². The fraction of sp³-hybridized carbons (Fsp3) is 0.676. The van der Waals surface area contributed by atoms with Crippen LogP contribution in [0.2, 0.25) is 0 Å². The zero-order valence-corrected chi connectivity index (χ0v) is 30.0. The first-order valence-electron chi connectivity index (χ1n) is 18.1. The fourth-order valence-electron chi connectivity index (χ4n) is 5.63. The number of benzene rings is 1. The maximum atomic E-state index is 12.4. The molecule has 0 saturated carbocycles. The smallest absolute Gasteiger partial charge is 0.353 e. The molecule has 0 aliphatic carbocycles. The van der Waals surface area contributed by atoms with Crippen molar-refractivity contribution in [1.29, 1.82) is 0 Å². The molecule has 3 aromatic heterocycles. The van der Waals surface area contributed by atoms with E-state index in [0.29, 0.717) is 35.3 Å². The molecule has 3 heterocycles. The van der Waals surface area contributed by atoms with E-state index in [-0.39, 0.29) is 31.6 Å². The normalized spacial score (nSPS) is 13.0. The van der Waals surface area contributed by atoms with Gasteiger partial charge in [-0.3, -0.25) is 4.57 Å². The maximum Gasteiger partial charge on any atom is 0.353 e. The van der Waals surface area contributed by atoms with Crippen LogP contribution >= 0.6 is 7.60 Å². The van der Waals surface area contributed by atoms with Crippen LogP contribution in [-0.2, 0) is 25.1 Å². The van der Waals surface area contributed by atoms with Crippen LogP contribution in [0.3, 0.4) is 0 Å². The summed E-state index contributed by atoms with van der Waals surface area (Å²) in [6, 6.07) is 7.32. The first-order valence-corrected chi connectivity index (χ1v) is 19.8. The second-order valence-corrected chi connectivity index (χ2v) is 14.3. The molecule has 0 spiro atoms. The van der Waals surface area contributed by atoms with Crippen molar-refractivity contribution in [2.75, 3.05) is 38.5 Å². The van der Waals surface area contributed by atoms with Crippen molar-refractivity contribution in [2.45, 2.75) is 116 Å². The summed E-state index contributed by atoms with van der Waals surface area (Å²) in [6.07, 6.45) is 22.3. The zero-order chi connectivity index (χ0) is 34.6. The van der Waals surface area contributed by atoms with E-state index < -0.39 is 13.9 Å². The number of para-hydroxylation sites is 1. The third-order valence-corrected chi connectivity index (χ3v) is 9.43. The minimum Gasteiger partial charge on any atom is -0.379 e. The Morgan fingerprint density at radius 1 is 0.796 bits per heavy atom. The Hall–Kier alpha value is -3.16. The van der Waals surface area contributed by atoms with Gasteiger partial charge in [0.1, 0.15) is 17.4 Å². The highest BCUT2D eigenvalue weighted by Crippen LogP contribution is 2.41. The monoisotopic (exact) mass is 702 g/mol. The SMILES string of the molecule is CCCCCCCCCCCCCCCCCCOCCOP(=O)(O)COCCn1cnc2c(On3nnc4ccccc43)nc(N)nc21. The summed E-state index contributed by atoms with van der Waals surface area (Å²) in [5, 5.41) is 8.07. The lowest BCUT2D eigenvalue weighted by Crippen LogP contribution is -2.11. The molecule has 0 aliphatic heterocycles. The van der Waals surface area contributed by atoms with Gasteiger partial charge in [0.05, 0.1) is 26.1 Å². The van der Waals surface area contributed by atoms with Crippen LogP contribution in [0.5, 0.6) is 5.88 Å². The van der Waals surface area contributed by atoms with Gasteiger partial charge in [-0.1, -0.05) is 120 Å². The molecule has 14 nitrogen and oxygen atoms in total. The standard InChI is InChI=1S/C34H55N8O6P/c1-2-3-4-5-6-7-8-9-10-11-12-13-14-15-16-19-23-45-25-26-47-49(43,44)28-46-24-22-41-27-36-31-32(41)37-34(35)38-33(31)48-42-30-21-18-17-20-29(30)39-40-42/h17-18,20-21,27H,2-16,19,22-26,28H2,1H3,(H,43,44)(H2,35,37,38). The summed E-state index contributed by atoms with van der Waals surface area (Å²) < 4.78 is 30.3. The number of hydrogen-bond acceptors (Lipinski definition) is 11. The van der Waals surface area contributed by atoms with Crippen LogP contribution in [0.4, 0.5) is 5.95 Å². The lowest BCUT2D eigenvalue weighted by atomic mass is 10.0. The van der Waals surface area contributed by atoms with Gasteiger partial charge in [-0.05, 0) is 23.8 Å². The third kappa shape index (κ3) is 13.9. The molecule has 4 rings (SSSR count). The summed E-state index contributed by atoms with van der Waals surface area (Å²) >= 11 is 0. The van der Waals surface area contributed by atoms with Gasteiger partial charge in [0, 0.05) is 13.2 Å². The molecule has 4 aromatic rings. The number of nitrogens with two attached hydrogens (primary N) is 1. The predicted molar refractivity (Wildman–Crippen MR) is 190 cm³/mol. The Balaban J connectivity index is 0.997. The molecular formula is C34H55N8O6P. The van der Waals surface area contributed by atoms with Crippen LogP contribution in [0.1, 0.15) is 110 Å². The van der Waals surface area contributed by atoms with Crippen molar-refractivity contribution < 1.29 is 28.3 Å². The van der Waals surface area contributed by atoms with Gasteiger partial charge in [-0.15, -0.1) is 5.10 Å². The number of rotatable bonds is 28. The highest BCUT2D eigenvalue weighted by atomic mass is 31.2. The molecular weight excluding hydrogens is 647 g/mol. The van der Waals surface area contributed by atoms with Crippen LogP contribution in [0, 0.1) is 0 Å². The van der Waals surface area contributed by atoms with E-state index in [4.69, 9.17) is 24.6 Å². The summed E-state index contributed by atoms with van der Waals surface area (Å²) in [4.78, 5) is 30.0. The summed E-state index contributed by atoms with van der Waals surface area (Å²) in [7, 11) is -3.92. The summed E-state index contributed by atoms with van der Waals surface area (Å²) in [6.45, 7) is 3.60. The quantitative estimate of drug-likeness (QED) is 0.0442. The van der Waals surface area contributed by atoms with E-state index in [0.717, 1.165) is 12.8 Å². The lowest BCUT2D eigenvalue weighted by Gasteiger charge is -2.13. The van der Waals surface area contributed by atoms with Crippen molar-refractivity contribution >= 4 is 35.7 Å². The van der Waals surface area contributed by atoms with Crippen molar-refractivity contribution in [3.8, 4) is 5.88 Å². The second kappa shape index (κ2) is 21.8. The van der Waals surface area contributed by atoms with E-state index in [9.17, 15) is 9.46 Å². The summed E-state index contributed by atoms with van der Waals surface area (Å²) in [5.74, 6) is 0.1000. The number of unbranched alkanes of at least 4 members (excludes halogenated alkanes) is 15. The minimum absolute atomic E-state index is 0.0140. The molecule has 0 bridgehead atoms. The third-order valence-electron chi connectivity index (χ3n) is 8.34. The lowest BCUT2D eigenvalue weighted by molar-refractivity contribution is 0.0841. The number of hydrogen-bond donors (Lipinski definition) is 2. The molecule has 0 radical (unpaired) electrons. The Bertz CT molecular complexity index is 1550. The molecule has 272 valence electrons. The van der Waals surface area contributed by atoms with E-state index >= 15 is 0 Å². The number of fused-ring (bicyclic) bond motifs is 2. The Morgan fingerprint density at radius 3 is 2.14 bits per heavy atom. The summed E-state index contributed by atoms with van der Waals surface area (Å²) in [5.41, 5.74) is 8.03. The number of imidazole rings is 1. The number of anilines is 1. The van der Waals surface area contributed by atoms with Crippen molar-refractivity contribution in [3.05, 3.63) is 30.6 Å². The molecule has 0 aliphatic rings. The fourth-order valence-corrected chi connectivity index (χ4v) is 6.43. The van der Waals surface area contributed by atoms with Gasteiger partial charge in [-0.25, -0.2) is 4.98 Å². The van der Waals surface area contributed by atoms with E-state index in [1.807, 2.05) is 24.3 Å². The maximum absolute atomic E-state index is 12.4. The molecule has 1 aromatic carbocycles. The molecule has 1 atom stereocenters. The molecule has 49 heavy (non-hydrogen) atoms. The van der Waals surface area contributed by atoms with E-state index in [1.165, 1.54) is 94.7 Å². The van der Waals surface area contributed by atoms with Gasteiger partial charge in [0.25, 0.3) is 5.88 Å². The minimum atomic E-state index is -3.92. The van der Waals surface area contributed by atoms with Crippen molar-refractivity contribution in [2.24, 2.45) is 0 Å². The van der Waals surface area contributed by atoms with Gasteiger partial charge >= 0.3 is 7.60 Å². The van der Waals surface area contributed by atoms with E-state index in [2.05, 4.69) is 32.2 Å². The van der Waals surface area contributed by atoms with Crippen molar-refractivity contribution in [3.63, 3.8) is 0 Å². The second-order valence-electron chi connectivity index (χ2n) is 12.5. The number of ether oxygens (including phenoxy) is 2. The van der Waals surface area contributed by atoms with Crippen LogP contribution in [-0.4, -0.2) is 72.3 Å². The Morgan fingerprint density at radius 2 is 1.45 bits per heavy atom. The van der Waals surface area contributed by atoms with Gasteiger partial charge in [0.15, 0.2) is 11.2 Å². The Kier molecular flexibility index (Phi) is 17.2. The molecule has 3 N–H and O–H groups in total. The van der Waals surface area contributed by atoms with Crippen LogP contribution in [0.15, 0.2) is 30.6 Å². The highest BCUT2D eigenvalue weighted by molar-refractivity contribution is 7.52. The number of nitrogen functional groups attached to an aromatic ring is 1. The number of nitrogens with zero attached hydrogens (tertiary/aromatic N) is 7. The van der Waals surface area contributed by atoms with Crippen LogP contribution in [0.25, 0.3) is 22.2 Å². The Labute approximate surface area is 289 Å².